The molecule has 0 N–H and O–H groups in total. The average molecular weight is 408 g/mol. The number of hydrogen-bond donors (Lipinski definition) is 0. The van der Waals surface area contributed by atoms with Crippen LogP contribution in [0.4, 0.5) is 4.39 Å². The molecule has 0 aliphatic carbocycles. The summed E-state index contributed by atoms with van der Waals surface area (Å²) in [7, 11) is 0. The number of nitrogens with zero attached hydrogens (tertiary/aromatic N) is 2. The van der Waals surface area contributed by atoms with Gasteiger partial charge in [0.05, 0.1) is 17.1 Å². The van der Waals surface area contributed by atoms with Crippen LogP contribution in [0.15, 0.2) is 71.2 Å². The number of oxime groups is 1. The molecule has 0 bridgehead atoms. The lowest BCUT2D eigenvalue weighted by Gasteiger charge is -2.24. The van der Waals surface area contributed by atoms with E-state index in [9.17, 15) is 9.18 Å². The van der Waals surface area contributed by atoms with Gasteiger partial charge in [0.25, 0.3) is 5.91 Å². The van der Waals surface area contributed by atoms with Crippen LogP contribution in [0.5, 0.6) is 0 Å². The number of rotatable bonds is 6. The molecule has 0 spiro atoms. The average Bonchev–Trinajstić information content (AvgIpc) is 3.41. The fraction of sp³-hybridized carbons (Fsp3) is 0.217. The van der Waals surface area contributed by atoms with Gasteiger partial charge in [-0.05, 0) is 30.0 Å². The highest BCUT2D eigenvalue weighted by molar-refractivity contribution is 7.12. The molecular formula is C23H21FN2O2S. The normalized spacial score (nSPS) is 15.7. The first-order valence-corrected chi connectivity index (χ1v) is 10.3. The van der Waals surface area contributed by atoms with Gasteiger partial charge >= 0.3 is 0 Å². The molecule has 6 heteroatoms. The first-order chi connectivity index (χ1) is 14.1. The number of amides is 1. The lowest BCUT2D eigenvalue weighted by Crippen LogP contribution is -2.37. The van der Waals surface area contributed by atoms with Crippen molar-refractivity contribution in [3.05, 3.63) is 93.4 Å². The summed E-state index contributed by atoms with van der Waals surface area (Å²) >= 11 is 1.38. The molecule has 29 heavy (non-hydrogen) atoms. The quantitative estimate of drug-likeness (QED) is 0.574. The Balaban J connectivity index is 1.51. The Hall–Kier alpha value is -2.99. The molecule has 0 radical (unpaired) electrons. The Morgan fingerprint density at radius 3 is 2.72 bits per heavy atom. The number of thiophene rings is 1. The van der Waals surface area contributed by atoms with Gasteiger partial charge in [0, 0.05) is 24.1 Å². The zero-order chi connectivity index (χ0) is 20.2. The SMILES string of the molecule is Cc1ccccc1C1=NO[C@H](CN(Cc2ccccc2F)C(=O)c2cccs2)C1. The van der Waals surface area contributed by atoms with Gasteiger partial charge in [-0.15, -0.1) is 11.3 Å². The van der Waals surface area contributed by atoms with Crippen molar-refractivity contribution in [2.45, 2.75) is 26.0 Å². The molecule has 1 aliphatic heterocycles. The molecule has 0 unspecified atom stereocenters. The highest BCUT2D eigenvalue weighted by atomic mass is 32.1. The van der Waals surface area contributed by atoms with Crippen LogP contribution in [-0.4, -0.2) is 29.2 Å². The summed E-state index contributed by atoms with van der Waals surface area (Å²) in [4.78, 5) is 20.9. The van der Waals surface area contributed by atoms with Crippen molar-refractivity contribution in [3.63, 3.8) is 0 Å². The van der Waals surface area contributed by atoms with Crippen molar-refractivity contribution in [1.82, 2.24) is 4.90 Å². The smallest absolute Gasteiger partial charge is 0.264 e. The standard InChI is InChI=1S/C23H21FN2O2S/c1-16-7-2-4-9-19(16)21-13-18(28-25-21)15-26(23(27)22-11-6-12-29-22)14-17-8-3-5-10-20(17)24/h2-12,18H,13-15H2,1H3/t18-/m0/s1. The molecule has 4 nitrogen and oxygen atoms in total. The van der Waals surface area contributed by atoms with Crippen molar-refractivity contribution >= 4 is 23.0 Å². The molecule has 1 amide bonds. The van der Waals surface area contributed by atoms with Crippen LogP contribution in [0, 0.1) is 12.7 Å². The highest BCUT2D eigenvalue weighted by Gasteiger charge is 2.28. The van der Waals surface area contributed by atoms with Gasteiger partial charge < -0.3 is 9.74 Å². The molecule has 148 valence electrons. The summed E-state index contributed by atoms with van der Waals surface area (Å²) in [6.07, 6.45) is 0.344. The van der Waals surface area contributed by atoms with E-state index >= 15 is 0 Å². The van der Waals surface area contributed by atoms with Gasteiger partial charge in [-0.25, -0.2) is 4.39 Å². The molecule has 2 aromatic carbocycles. The van der Waals surface area contributed by atoms with Crippen LogP contribution >= 0.6 is 11.3 Å². The van der Waals surface area contributed by atoms with E-state index in [4.69, 9.17) is 4.84 Å². The molecule has 0 fully saturated rings. The van der Waals surface area contributed by atoms with Crippen molar-refractivity contribution in [2.75, 3.05) is 6.54 Å². The number of halogens is 1. The van der Waals surface area contributed by atoms with Crippen LogP contribution in [0.25, 0.3) is 0 Å². The van der Waals surface area contributed by atoms with E-state index in [1.165, 1.54) is 17.4 Å². The van der Waals surface area contributed by atoms with E-state index in [1.807, 2.05) is 42.6 Å². The first-order valence-electron chi connectivity index (χ1n) is 9.46. The summed E-state index contributed by atoms with van der Waals surface area (Å²) in [6, 6.07) is 18.2. The third-order valence-corrected chi connectivity index (χ3v) is 5.81. The van der Waals surface area contributed by atoms with Gasteiger partial charge in [0.15, 0.2) is 6.10 Å². The van der Waals surface area contributed by atoms with E-state index in [0.717, 1.165) is 16.8 Å². The highest BCUT2D eigenvalue weighted by Crippen LogP contribution is 2.23. The summed E-state index contributed by atoms with van der Waals surface area (Å²) in [5.74, 6) is -0.447. The number of carbonyl (C=O) groups excluding carboxylic acids is 1. The zero-order valence-corrected chi connectivity index (χ0v) is 16.9. The summed E-state index contributed by atoms with van der Waals surface area (Å²) in [6.45, 7) is 2.56. The van der Waals surface area contributed by atoms with Crippen molar-refractivity contribution in [1.29, 1.82) is 0 Å². The largest absolute Gasteiger partial charge is 0.390 e. The number of benzene rings is 2. The second-order valence-electron chi connectivity index (χ2n) is 7.04. The van der Waals surface area contributed by atoms with Gasteiger partial charge in [-0.2, -0.15) is 0 Å². The number of aryl methyl sites for hydroxylation is 1. The van der Waals surface area contributed by atoms with Crippen molar-refractivity contribution in [2.24, 2.45) is 5.16 Å². The fourth-order valence-corrected chi connectivity index (χ4v) is 4.13. The molecule has 1 aromatic heterocycles. The molecule has 2 heterocycles. The van der Waals surface area contributed by atoms with E-state index in [-0.39, 0.29) is 24.4 Å². The van der Waals surface area contributed by atoms with Gasteiger partial charge in [-0.1, -0.05) is 53.7 Å². The number of hydrogen-bond acceptors (Lipinski definition) is 4. The maximum absolute atomic E-state index is 14.2. The first kappa shape index (κ1) is 19.3. The Labute approximate surface area is 173 Å². The summed E-state index contributed by atoms with van der Waals surface area (Å²) in [5.41, 5.74) is 3.55. The van der Waals surface area contributed by atoms with Gasteiger partial charge in [0.2, 0.25) is 0 Å². The van der Waals surface area contributed by atoms with Gasteiger partial charge in [-0.3, -0.25) is 4.79 Å². The predicted molar refractivity (Wildman–Crippen MR) is 113 cm³/mol. The zero-order valence-electron chi connectivity index (χ0n) is 16.0. The second-order valence-corrected chi connectivity index (χ2v) is 7.99. The van der Waals surface area contributed by atoms with Crippen molar-refractivity contribution < 1.29 is 14.0 Å². The summed E-state index contributed by atoms with van der Waals surface area (Å²) < 4.78 is 14.2. The van der Waals surface area contributed by atoms with E-state index in [2.05, 4.69) is 5.16 Å². The van der Waals surface area contributed by atoms with Crippen LogP contribution in [0.3, 0.4) is 0 Å². The summed E-state index contributed by atoms with van der Waals surface area (Å²) in [5, 5.41) is 6.12. The molecule has 1 aliphatic rings. The molecular weight excluding hydrogens is 387 g/mol. The Morgan fingerprint density at radius 1 is 1.17 bits per heavy atom. The minimum Gasteiger partial charge on any atom is -0.390 e. The third-order valence-electron chi connectivity index (χ3n) is 4.95. The lowest BCUT2D eigenvalue weighted by molar-refractivity contribution is 0.0406. The minimum absolute atomic E-state index is 0.129. The van der Waals surface area contributed by atoms with Crippen LogP contribution in [0.2, 0.25) is 0 Å². The monoisotopic (exact) mass is 408 g/mol. The topological polar surface area (TPSA) is 41.9 Å². The molecule has 3 aromatic rings. The molecule has 0 saturated heterocycles. The van der Waals surface area contributed by atoms with E-state index in [1.54, 1.807) is 29.2 Å². The van der Waals surface area contributed by atoms with E-state index in [0.29, 0.717) is 23.4 Å². The second kappa shape index (κ2) is 8.57. The van der Waals surface area contributed by atoms with Crippen LogP contribution in [-0.2, 0) is 11.4 Å². The minimum atomic E-state index is -0.319. The van der Waals surface area contributed by atoms with Crippen molar-refractivity contribution in [3.8, 4) is 0 Å². The van der Waals surface area contributed by atoms with Crippen LogP contribution < -0.4 is 0 Å². The predicted octanol–water partition coefficient (Wildman–Crippen LogP) is 5.03. The third kappa shape index (κ3) is 4.38. The molecule has 0 saturated carbocycles. The maximum atomic E-state index is 14.2. The van der Waals surface area contributed by atoms with E-state index < -0.39 is 0 Å². The molecule has 1 atom stereocenters. The Morgan fingerprint density at radius 2 is 1.97 bits per heavy atom. The Kier molecular flexibility index (Phi) is 5.71. The fourth-order valence-electron chi connectivity index (χ4n) is 3.44. The Bertz CT molecular complexity index is 1030. The van der Waals surface area contributed by atoms with Gasteiger partial charge in [0.1, 0.15) is 5.82 Å². The number of carbonyl (C=O) groups is 1. The van der Waals surface area contributed by atoms with Crippen LogP contribution in [0.1, 0.15) is 32.8 Å². The maximum Gasteiger partial charge on any atom is 0.264 e. The molecule has 4 rings (SSSR count). The lowest BCUT2D eigenvalue weighted by atomic mass is 10.00.